The second-order valence-corrected chi connectivity index (χ2v) is 5.61. The molecule has 0 aliphatic heterocycles. The first kappa shape index (κ1) is 17.6. The Labute approximate surface area is 142 Å². The summed E-state index contributed by atoms with van der Waals surface area (Å²) in [7, 11) is 1.45. The third-order valence-electron chi connectivity index (χ3n) is 2.74. The van der Waals surface area contributed by atoms with E-state index in [4.69, 9.17) is 9.84 Å². The molecule has 1 unspecified atom stereocenters. The van der Waals surface area contributed by atoms with Gasteiger partial charge in [-0.25, -0.2) is 19.7 Å². The van der Waals surface area contributed by atoms with E-state index in [-0.39, 0.29) is 6.01 Å². The number of carboxylic acids is 1. The number of nitrogens with zero attached hydrogens (tertiary/aromatic N) is 3. The van der Waals surface area contributed by atoms with Crippen LogP contribution in [-0.2, 0) is 4.79 Å². The van der Waals surface area contributed by atoms with Crippen LogP contribution in [0.4, 0.5) is 0 Å². The smallest absolute Gasteiger partial charge is 0.329 e. The molecule has 2 aromatic heterocycles. The third kappa shape index (κ3) is 4.87. The zero-order valence-electron chi connectivity index (χ0n) is 13.1. The Morgan fingerprint density at radius 1 is 1.46 bits per heavy atom. The van der Waals surface area contributed by atoms with Crippen LogP contribution in [0.2, 0.25) is 0 Å². The van der Waals surface area contributed by atoms with E-state index in [1.165, 1.54) is 30.8 Å². The Morgan fingerprint density at radius 3 is 2.75 bits per heavy atom. The maximum absolute atomic E-state index is 11.1. The van der Waals surface area contributed by atoms with Crippen LogP contribution >= 0.6 is 11.3 Å². The number of aliphatic hydroxyl groups is 1. The summed E-state index contributed by atoms with van der Waals surface area (Å²) in [4.78, 5) is 23.4. The minimum Gasteiger partial charge on any atom is -0.478 e. The largest absolute Gasteiger partial charge is 0.478 e. The van der Waals surface area contributed by atoms with Crippen LogP contribution in [0.3, 0.4) is 0 Å². The van der Waals surface area contributed by atoms with Crippen LogP contribution in [0, 0.1) is 11.8 Å². The molecular weight excluding hydrogens is 330 g/mol. The Kier molecular flexibility index (Phi) is 6.01. The monoisotopic (exact) mass is 345 g/mol. The fourth-order valence-corrected chi connectivity index (χ4v) is 2.49. The molecule has 2 heterocycles. The van der Waals surface area contributed by atoms with E-state index in [0.717, 1.165) is 6.08 Å². The van der Waals surface area contributed by atoms with Gasteiger partial charge in [0, 0.05) is 41.4 Å². The lowest BCUT2D eigenvalue weighted by atomic mass is 10.1. The number of carboxylic acid groups (broad SMARTS) is 1. The molecule has 0 aromatic carbocycles. The summed E-state index contributed by atoms with van der Waals surface area (Å²) < 4.78 is 4.89. The summed E-state index contributed by atoms with van der Waals surface area (Å²) in [6.07, 6.45) is 3.84. The van der Waals surface area contributed by atoms with Crippen molar-refractivity contribution >= 4 is 22.9 Å². The Hall–Kier alpha value is -2.76. The first-order valence-electron chi connectivity index (χ1n) is 6.93. The highest BCUT2D eigenvalue weighted by atomic mass is 32.1. The van der Waals surface area contributed by atoms with Crippen molar-refractivity contribution in [3.05, 3.63) is 40.1 Å². The van der Waals surface area contributed by atoms with E-state index in [9.17, 15) is 9.90 Å². The van der Waals surface area contributed by atoms with Gasteiger partial charge in [-0.1, -0.05) is 5.92 Å². The number of aromatic nitrogens is 3. The first-order valence-corrected chi connectivity index (χ1v) is 7.81. The summed E-state index contributed by atoms with van der Waals surface area (Å²) in [5, 5.41) is 20.5. The Bertz CT molecular complexity index is 801. The molecule has 8 heteroatoms. The molecule has 0 fully saturated rings. The highest BCUT2D eigenvalue weighted by molar-refractivity contribution is 7.11. The zero-order valence-corrected chi connectivity index (χ0v) is 13.9. The van der Waals surface area contributed by atoms with E-state index in [2.05, 4.69) is 26.8 Å². The van der Waals surface area contributed by atoms with Crippen molar-refractivity contribution in [3.8, 4) is 17.9 Å². The van der Waals surface area contributed by atoms with Gasteiger partial charge in [-0.15, -0.1) is 11.3 Å². The van der Waals surface area contributed by atoms with Gasteiger partial charge < -0.3 is 14.9 Å². The number of hydrogen-bond acceptors (Lipinski definition) is 7. The predicted molar refractivity (Wildman–Crippen MR) is 88.6 cm³/mol. The fourth-order valence-electron chi connectivity index (χ4n) is 1.70. The number of ether oxygens (including phenoxy) is 1. The van der Waals surface area contributed by atoms with Crippen molar-refractivity contribution < 1.29 is 19.7 Å². The molecule has 0 aliphatic rings. The second-order valence-electron chi connectivity index (χ2n) is 4.75. The van der Waals surface area contributed by atoms with Gasteiger partial charge in [0.05, 0.1) is 13.2 Å². The van der Waals surface area contributed by atoms with Gasteiger partial charge in [0.25, 0.3) is 0 Å². The Balaban J connectivity index is 2.33. The normalized spacial score (nSPS) is 12.2. The summed E-state index contributed by atoms with van der Waals surface area (Å²) >= 11 is 1.27. The molecule has 2 rings (SSSR count). The Morgan fingerprint density at radius 2 is 2.17 bits per heavy atom. The number of aliphatic hydroxyl groups excluding tert-OH is 1. The molecule has 0 bridgehead atoms. The first-order chi connectivity index (χ1) is 11.5. The maximum atomic E-state index is 11.1. The SMILES string of the molecule is COc1ncc(C(=CC(=O)O)c2nc(C#CCC(C)O)cs2)cn1. The quantitative estimate of drug-likeness (QED) is 0.626. The summed E-state index contributed by atoms with van der Waals surface area (Å²) in [6, 6.07) is 0.192. The van der Waals surface area contributed by atoms with Crippen LogP contribution in [0.15, 0.2) is 23.8 Å². The number of thiazole rings is 1. The van der Waals surface area contributed by atoms with Crippen molar-refractivity contribution in [2.24, 2.45) is 0 Å². The van der Waals surface area contributed by atoms with Crippen LogP contribution in [0.25, 0.3) is 5.57 Å². The molecular formula is C16H15N3O4S. The lowest BCUT2D eigenvalue weighted by Crippen LogP contribution is -1.98. The molecule has 0 saturated carbocycles. The van der Waals surface area contributed by atoms with Gasteiger partial charge in [0.1, 0.15) is 10.7 Å². The molecule has 2 N–H and O–H groups in total. The van der Waals surface area contributed by atoms with E-state index >= 15 is 0 Å². The number of hydrogen-bond donors (Lipinski definition) is 2. The zero-order chi connectivity index (χ0) is 17.5. The van der Waals surface area contributed by atoms with E-state index < -0.39 is 12.1 Å². The third-order valence-corrected chi connectivity index (χ3v) is 3.61. The lowest BCUT2D eigenvalue weighted by molar-refractivity contribution is -0.131. The molecule has 124 valence electrons. The molecule has 1 atom stereocenters. The van der Waals surface area contributed by atoms with Gasteiger partial charge in [-0.2, -0.15) is 0 Å². The van der Waals surface area contributed by atoms with Crippen LogP contribution in [0.5, 0.6) is 6.01 Å². The molecule has 0 spiro atoms. The second kappa shape index (κ2) is 8.19. The average molecular weight is 345 g/mol. The predicted octanol–water partition coefficient (Wildman–Crippen LogP) is 1.58. The average Bonchev–Trinajstić information content (AvgIpc) is 3.01. The van der Waals surface area contributed by atoms with Crippen LogP contribution in [0.1, 0.15) is 29.6 Å². The lowest BCUT2D eigenvalue weighted by Gasteiger charge is -2.03. The molecule has 7 nitrogen and oxygen atoms in total. The standard InChI is InChI=1S/C16H15N3O4S/c1-10(20)4-3-5-12-9-24-15(19-12)13(6-14(21)22)11-7-17-16(23-2)18-8-11/h6-10,20H,4H2,1-2H3,(H,21,22). The van der Waals surface area contributed by atoms with Gasteiger partial charge >= 0.3 is 12.0 Å². The van der Waals surface area contributed by atoms with Crippen LogP contribution < -0.4 is 4.74 Å². The van der Waals surface area contributed by atoms with Gasteiger partial charge in [-0.3, -0.25) is 0 Å². The highest BCUT2D eigenvalue weighted by Crippen LogP contribution is 2.26. The summed E-state index contributed by atoms with van der Waals surface area (Å²) in [5.41, 5.74) is 1.41. The van der Waals surface area contributed by atoms with Crippen molar-refractivity contribution in [3.63, 3.8) is 0 Å². The summed E-state index contributed by atoms with van der Waals surface area (Å²) in [5.74, 6) is 4.55. The van der Waals surface area contributed by atoms with E-state index in [1.807, 2.05) is 0 Å². The topological polar surface area (TPSA) is 105 Å². The number of carbonyl (C=O) groups is 1. The minimum atomic E-state index is -1.10. The minimum absolute atomic E-state index is 0.192. The van der Waals surface area contributed by atoms with Crippen LogP contribution in [-0.4, -0.2) is 44.3 Å². The van der Waals surface area contributed by atoms with Crippen molar-refractivity contribution in [1.82, 2.24) is 15.0 Å². The number of methoxy groups -OCH3 is 1. The van der Waals surface area contributed by atoms with Crippen molar-refractivity contribution in [2.45, 2.75) is 19.4 Å². The molecule has 0 amide bonds. The van der Waals surface area contributed by atoms with Gasteiger partial charge in [0.15, 0.2) is 0 Å². The fraction of sp³-hybridized carbons (Fsp3) is 0.250. The molecule has 0 radical (unpaired) electrons. The summed E-state index contributed by atoms with van der Waals surface area (Å²) in [6.45, 7) is 1.65. The highest BCUT2D eigenvalue weighted by Gasteiger charge is 2.13. The van der Waals surface area contributed by atoms with E-state index in [1.54, 1.807) is 12.3 Å². The molecule has 2 aromatic rings. The number of rotatable bonds is 5. The van der Waals surface area contributed by atoms with Gasteiger partial charge in [-0.05, 0) is 12.8 Å². The molecule has 24 heavy (non-hydrogen) atoms. The number of aliphatic carboxylic acids is 1. The van der Waals surface area contributed by atoms with Crippen molar-refractivity contribution in [1.29, 1.82) is 0 Å². The molecule has 0 saturated heterocycles. The maximum Gasteiger partial charge on any atom is 0.329 e. The van der Waals surface area contributed by atoms with E-state index in [0.29, 0.717) is 28.3 Å². The molecule has 0 aliphatic carbocycles. The van der Waals surface area contributed by atoms with Crippen molar-refractivity contribution in [2.75, 3.05) is 7.11 Å². The van der Waals surface area contributed by atoms with Gasteiger partial charge in [0.2, 0.25) is 0 Å².